The van der Waals surface area contributed by atoms with E-state index in [1.54, 1.807) is 0 Å². The van der Waals surface area contributed by atoms with Crippen molar-refractivity contribution in [3.8, 4) is 0 Å². The lowest BCUT2D eigenvalue weighted by Gasteiger charge is -2.27. The summed E-state index contributed by atoms with van der Waals surface area (Å²) in [5.74, 6) is 0. The van der Waals surface area contributed by atoms with Crippen molar-refractivity contribution in [3.05, 3.63) is 11.3 Å². The third kappa shape index (κ3) is 1.16. The molecule has 0 N–H and O–H groups in total. The fourth-order valence-electron chi connectivity index (χ4n) is 1.73. The maximum Gasteiger partial charge on any atom is 0.0488 e. The van der Waals surface area contributed by atoms with Crippen LogP contribution in [0.25, 0.3) is 0 Å². The summed E-state index contributed by atoms with van der Waals surface area (Å²) >= 11 is 0. The number of hydrogen-bond acceptors (Lipinski definition) is 2. The smallest absolute Gasteiger partial charge is 0.0488 e. The van der Waals surface area contributed by atoms with Gasteiger partial charge >= 0.3 is 0 Å². The minimum atomic E-state index is 0.579. The van der Waals surface area contributed by atoms with Gasteiger partial charge in [0.25, 0.3) is 0 Å². The van der Waals surface area contributed by atoms with Gasteiger partial charge in [-0.3, -0.25) is 0 Å². The average molecular weight is 154 g/mol. The van der Waals surface area contributed by atoms with Crippen LogP contribution in [0.1, 0.15) is 27.2 Å². The van der Waals surface area contributed by atoms with Crippen molar-refractivity contribution >= 4 is 0 Å². The number of hydrogen-bond donors (Lipinski definition) is 0. The second kappa shape index (κ2) is 2.86. The van der Waals surface area contributed by atoms with Crippen LogP contribution in [0.2, 0.25) is 0 Å². The lowest BCUT2D eigenvalue weighted by molar-refractivity contribution is 0.0654. The van der Waals surface area contributed by atoms with Gasteiger partial charge in [-0.15, -0.1) is 0 Å². The van der Waals surface area contributed by atoms with Crippen molar-refractivity contribution in [1.29, 1.82) is 0 Å². The summed E-state index contributed by atoms with van der Waals surface area (Å²) in [6, 6.07) is 0.579. The maximum absolute atomic E-state index is 2.27. The Morgan fingerprint density at radius 1 is 1.36 bits per heavy atom. The van der Waals surface area contributed by atoms with Gasteiger partial charge in [-0.25, -0.2) is 5.01 Å². The molecular weight excluding hydrogens is 136 g/mol. The van der Waals surface area contributed by atoms with E-state index < -0.39 is 0 Å². The molecule has 1 aliphatic rings. The van der Waals surface area contributed by atoms with E-state index in [9.17, 15) is 0 Å². The molecule has 0 aliphatic carbocycles. The fraction of sp³-hybridized carbons (Fsp3) is 0.778. The summed E-state index contributed by atoms with van der Waals surface area (Å²) < 4.78 is 0. The number of hydrazine groups is 1. The topological polar surface area (TPSA) is 6.48 Å². The molecule has 2 heteroatoms. The maximum atomic E-state index is 2.27. The Balaban J connectivity index is 2.88. The van der Waals surface area contributed by atoms with E-state index in [0.717, 1.165) is 6.42 Å². The molecule has 0 radical (unpaired) electrons. The molecule has 11 heavy (non-hydrogen) atoms. The monoisotopic (exact) mass is 154 g/mol. The average Bonchev–Trinajstić information content (AvgIpc) is 2.17. The van der Waals surface area contributed by atoms with E-state index >= 15 is 0 Å². The van der Waals surface area contributed by atoms with E-state index in [-0.39, 0.29) is 0 Å². The van der Waals surface area contributed by atoms with E-state index in [0.29, 0.717) is 6.04 Å². The zero-order valence-corrected chi connectivity index (χ0v) is 8.18. The van der Waals surface area contributed by atoms with Crippen LogP contribution in [0.4, 0.5) is 0 Å². The second-order valence-electron chi connectivity index (χ2n) is 3.26. The Hall–Kier alpha value is -0.500. The van der Waals surface area contributed by atoms with Crippen LogP contribution in [0.3, 0.4) is 0 Å². The Morgan fingerprint density at radius 2 is 1.91 bits per heavy atom. The molecule has 0 spiro atoms. The molecule has 0 saturated heterocycles. The van der Waals surface area contributed by atoms with E-state index in [1.165, 1.54) is 11.3 Å². The van der Waals surface area contributed by atoms with Crippen LogP contribution in [0, 0.1) is 0 Å². The molecule has 0 saturated carbocycles. The minimum Gasteiger partial charge on any atom is -0.313 e. The summed E-state index contributed by atoms with van der Waals surface area (Å²) in [6.45, 7) is 6.68. The third-order valence-electron chi connectivity index (χ3n) is 2.84. The normalized spacial score (nSPS) is 27.0. The number of rotatable bonds is 1. The molecule has 0 bridgehead atoms. The van der Waals surface area contributed by atoms with Gasteiger partial charge in [-0.1, -0.05) is 6.92 Å². The van der Waals surface area contributed by atoms with Crippen LogP contribution in [-0.2, 0) is 0 Å². The summed E-state index contributed by atoms with van der Waals surface area (Å²) in [7, 11) is 4.27. The fourth-order valence-corrected chi connectivity index (χ4v) is 1.73. The van der Waals surface area contributed by atoms with E-state index in [1.807, 2.05) is 0 Å². The summed E-state index contributed by atoms with van der Waals surface area (Å²) in [4.78, 5) is 0. The van der Waals surface area contributed by atoms with Gasteiger partial charge in [0.05, 0.1) is 0 Å². The van der Waals surface area contributed by atoms with Crippen LogP contribution in [0.15, 0.2) is 11.3 Å². The Morgan fingerprint density at radius 3 is 2.09 bits per heavy atom. The molecule has 1 atom stereocenters. The zero-order chi connectivity index (χ0) is 8.59. The molecule has 0 aromatic carbocycles. The van der Waals surface area contributed by atoms with Crippen molar-refractivity contribution < 1.29 is 0 Å². The van der Waals surface area contributed by atoms with Gasteiger partial charge in [-0.2, -0.15) is 0 Å². The molecule has 2 nitrogen and oxygen atoms in total. The van der Waals surface area contributed by atoms with Crippen LogP contribution in [-0.4, -0.2) is 30.2 Å². The van der Waals surface area contributed by atoms with Gasteiger partial charge in [0.15, 0.2) is 0 Å². The molecule has 1 heterocycles. The van der Waals surface area contributed by atoms with Crippen LogP contribution < -0.4 is 0 Å². The number of likely N-dealkylation sites (N-methyl/N-ethyl adjacent to an activating group) is 1. The van der Waals surface area contributed by atoms with Gasteiger partial charge in [0.2, 0.25) is 0 Å². The highest BCUT2D eigenvalue weighted by atomic mass is 15.6. The predicted octanol–water partition coefficient (Wildman–Crippen LogP) is 1.85. The third-order valence-corrected chi connectivity index (χ3v) is 2.84. The van der Waals surface area contributed by atoms with E-state index in [4.69, 9.17) is 0 Å². The first-order valence-corrected chi connectivity index (χ1v) is 4.25. The first kappa shape index (κ1) is 8.60. The van der Waals surface area contributed by atoms with E-state index in [2.05, 4.69) is 44.9 Å². The molecule has 0 amide bonds. The Kier molecular flexibility index (Phi) is 2.23. The molecule has 1 rings (SSSR count). The van der Waals surface area contributed by atoms with Gasteiger partial charge in [-0.05, 0) is 25.8 Å². The first-order valence-electron chi connectivity index (χ1n) is 4.25. The highest BCUT2D eigenvalue weighted by Crippen LogP contribution is 2.27. The van der Waals surface area contributed by atoms with Gasteiger partial charge in [0.1, 0.15) is 0 Å². The lowest BCUT2D eigenvalue weighted by atomic mass is 10.1. The standard InChI is InChI=1S/C9H18N2/c1-6-9-7(2)8(3)10(4)11(9)5/h8H,6H2,1-5H3. The summed E-state index contributed by atoms with van der Waals surface area (Å²) in [5.41, 5.74) is 2.98. The molecule has 0 aromatic rings. The molecule has 1 unspecified atom stereocenters. The molecule has 64 valence electrons. The SMILES string of the molecule is CCC1=C(C)C(C)N(C)N1C. The van der Waals surface area contributed by atoms with Crippen molar-refractivity contribution in [2.45, 2.75) is 33.2 Å². The van der Waals surface area contributed by atoms with Gasteiger partial charge in [0, 0.05) is 25.8 Å². The minimum absolute atomic E-state index is 0.579. The van der Waals surface area contributed by atoms with Crippen molar-refractivity contribution in [2.75, 3.05) is 14.1 Å². The number of nitrogens with zero attached hydrogens (tertiary/aromatic N) is 2. The van der Waals surface area contributed by atoms with Crippen LogP contribution >= 0.6 is 0 Å². The van der Waals surface area contributed by atoms with Crippen molar-refractivity contribution in [2.24, 2.45) is 0 Å². The second-order valence-corrected chi connectivity index (χ2v) is 3.26. The molecule has 0 fully saturated rings. The number of allylic oxidation sites excluding steroid dienone is 1. The highest BCUT2D eigenvalue weighted by molar-refractivity contribution is 5.20. The Bertz CT molecular complexity index is 184. The zero-order valence-electron chi connectivity index (χ0n) is 8.18. The van der Waals surface area contributed by atoms with Crippen molar-refractivity contribution in [1.82, 2.24) is 10.0 Å². The highest BCUT2D eigenvalue weighted by Gasteiger charge is 2.26. The lowest BCUT2D eigenvalue weighted by Crippen LogP contribution is -2.35. The summed E-state index contributed by atoms with van der Waals surface area (Å²) in [5, 5.41) is 4.52. The molecular formula is C9H18N2. The first-order chi connectivity index (χ1) is 5.09. The van der Waals surface area contributed by atoms with Crippen LogP contribution in [0.5, 0.6) is 0 Å². The van der Waals surface area contributed by atoms with Crippen molar-refractivity contribution in [3.63, 3.8) is 0 Å². The Labute approximate surface area is 69.5 Å². The molecule has 0 aromatic heterocycles. The predicted molar refractivity (Wildman–Crippen MR) is 48.0 cm³/mol. The molecule has 1 aliphatic heterocycles. The summed E-state index contributed by atoms with van der Waals surface area (Å²) in [6.07, 6.45) is 1.14. The van der Waals surface area contributed by atoms with Gasteiger partial charge < -0.3 is 5.01 Å². The largest absolute Gasteiger partial charge is 0.313 e. The quantitative estimate of drug-likeness (QED) is 0.568.